The molecule has 0 saturated carbocycles. The quantitative estimate of drug-likeness (QED) is 0.660. The van der Waals surface area contributed by atoms with Gasteiger partial charge in [0, 0.05) is 37.1 Å². The van der Waals surface area contributed by atoms with Gasteiger partial charge in [-0.15, -0.1) is 0 Å². The lowest BCUT2D eigenvalue weighted by Gasteiger charge is -2.38. The van der Waals surface area contributed by atoms with Gasteiger partial charge >= 0.3 is 0 Å². The Morgan fingerprint density at radius 3 is 2.87 bits per heavy atom. The number of rotatable bonds is 4. The summed E-state index contributed by atoms with van der Waals surface area (Å²) in [7, 11) is 2.22. The van der Waals surface area contributed by atoms with Crippen molar-refractivity contribution in [3.8, 4) is 23.0 Å². The molecule has 3 aliphatic heterocycles. The topological polar surface area (TPSA) is 68.5 Å². The van der Waals surface area contributed by atoms with Crippen molar-refractivity contribution in [2.75, 3.05) is 38.3 Å². The Balaban J connectivity index is 1.20. The molecule has 3 aromatic rings. The van der Waals surface area contributed by atoms with Crippen molar-refractivity contribution >= 4 is 5.69 Å². The van der Waals surface area contributed by atoms with Crippen LogP contribution in [0.1, 0.15) is 12.0 Å². The van der Waals surface area contributed by atoms with Crippen molar-refractivity contribution in [3.05, 3.63) is 48.4 Å². The van der Waals surface area contributed by atoms with Crippen molar-refractivity contribution in [2.45, 2.75) is 25.1 Å². The molecular weight excluding hydrogens is 380 g/mol. The first-order chi connectivity index (χ1) is 14.8. The van der Waals surface area contributed by atoms with Gasteiger partial charge in [-0.25, -0.2) is 14.6 Å². The van der Waals surface area contributed by atoms with Crippen LogP contribution in [-0.4, -0.2) is 70.1 Å². The summed E-state index contributed by atoms with van der Waals surface area (Å²) < 4.78 is 12.9. The van der Waals surface area contributed by atoms with E-state index in [-0.39, 0.29) is 0 Å². The molecule has 0 amide bonds. The van der Waals surface area contributed by atoms with E-state index in [4.69, 9.17) is 19.6 Å². The SMILES string of the molecule is CN(C1COC1)C1CCN(c2ccc(-n3cc4c(n3)-c3cccnc3OC4)nc2)C1. The number of anilines is 1. The third-order valence-corrected chi connectivity index (χ3v) is 6.45. The molecule has 1 unspecified atom stereocenters. The van der Waals surface area contributed by atoms with E-state index < -0.39 is 0 Å². The molecule has 0 radical (unpaired) electrons. The summed E-state index contributed by atoms with van der Waals surface area (Å²) in [6.45, 7) is 4.30. The van der Waals surface area contributed by atoms with Crippen molar-refractivity contribution in [1.82, 2.24) is 24.6 Å². The van der Waals surface area contributed by atoms with Crippen LogP contribution in [-0.2, 0) is 11.3 Å². The Bertz CT molecular complexity index is 1060. The largest absolute Gasteiger partial charge is 0.472 e. The van der Waals surface area contributed by atoms with E-state index in [2.05, 4.69) is 27.9 Å². The predicted molar refractivity (Wildman–Crippen MR) is 112 cm³/mol. The van der Waals surface area contributed by atoms with Crippen LogP contribution in [0.2, 0.25) is 0 Å². The number of likely N-dealkylation sites (N-methyl/N-ethyl adjacent to an activating group) is 1. The molecule has 2 fully saturated rings. The summed E-state index contributed by atoms with van der Waals surface area (Å²) in [4.78, 5) is 13.9. The van der Waals surface area contributed by atoms with E-state index >= 15 is 0 Å². The van der Waals surface area contributed by atoms with Gasteiger partial charge in [-0.05, 0) is 37.7 Å². The zero-order chi connectivity index (χ0) is 20.1. The van der Waals surface area contributed by atoms with E-state index in [0.29, 0.717) is 24.6 Å². The van der Waals surface area contributed by atoms with Crippen molar-refractivity contribution in [3.63, 3.8) is 0 Å². The number of hydrogen-bond acceptors (Lipinski definition) is 7. The van der Waals surface area contributed by atoms with Crippen molar-refractivity contribution in [2.24, 2.45) is 0 Å². The van der Waals surface area contributed by atoms with E-state index in [9.17, 15) is 0 Å². The van der Waals surface area contributed by atoms with Gasteiger partial charge in [-0.1, -0.05) is 0 Å². The fourth-order valence-corrected chi connectivity index (χ4v) is 4.46. The maximum Gasteiger partial charge on any atom is 0.223 e. The molecule has 6 rings (SSSR count). The fourth-order valence-electron chi connectivity index (χ4n) is 4.46. The summed E-state index contributed by atoms with van der Waals surface area (Å²) in [6, 6.07) is 9.22. The van der Waals surface area contributed by atoms with Crippen LogP contribution in [0, 0.1) is 0 Å². The van der Waals surface area contributed by atoms with Gasteiger partial charge in [0.15, 0.2) is 5.82 Å². The Hall–Kier alpha value is -2.97. The average Bonchev–Trinajstić information content (AvgIpc) is 3.40. The van der Waals surface area contributed by atoms with Crippen molar-refractivity contribution in [1.29, 1.82) is 0 Å². The Morgan fingerprint density at radius 2 is 2.07 bits per heavy atom. The maximum absolute atomic E-state index is 5.74. The highest BCUT2D eigenvalue weighted by Crippen LogP contribution is 2.35. The Morgan fingerprint density at radius 1 is 1.13 bits per heavy atom. The number of pyridine rings is 2. The van der Waals surface area contributed by atoms with Crippen LogP contribution < -0.4 is 9.64 Å². The van der Waals surface area contributed by atoms with E-state index in [1.807, 2.05) is 35.3 Å². The molecule has 0 bridgehead atoms. The molecule has 0 N–H and O–H groups in total. The second kappa shape index (κ2) is 7.07. The lowest BCUT2D eigenvalue weighted by atomic mass is 10.1. The smallest absolute Gasteiger partial charge is 0.223 e. The van der Waals surface area contributed by atoms with Gasteiger partial charge in [0.2, 0.25) is 5.88 Å². The van der Waals surface area contributed by atoms with Crippen LogP contribution in [0.5, 0.6) is 5.88 Å². The first-order valence-corrected chi connectivity index (χ1v) is 10.4. The van der Waals surface area contributed by atoms with Gasteiger partial charge < -0.3 is 14.4 Å². The highest BCUT2D eigenvalue weighted by atomic mass is 16.5. The van der Waals surface area contributed by atoms with Crippen molar-refractivity contribution < 1.29 is 9.47 Å². The van der Waals surface area contributed by atoms with Crippen LogP contribution in [0.15, 0.2) is 42.9 Å². The molecule has 0 spiro atoms. The molecule has 30 heavy (non-hydrogen) atoms. The predicted octanol–water partition coefficient (Wildman–Crippen LogP) is 2.13. The third kappa shape index (κ3) is 2.95. The number of aromatic nitrogens is 4. The number of ether oxygens (including phenoxy) is 2. The van der Waals surface area contributed by atoms with Gasteiger partial charge in [0.25, 0.3) is 0 Å². The summed E-state index contributed by atoms with van der Waals surface area (Å²) >= 11 is 0. The number of hydrogen-bond donors (Lipinski definition) is 0. The van der Waals surface area contributed by atoms with Crippen LogP contribution in [0.4, 0.5) is 5.69 Å². The second-order valence-corrected chi connectivity index (χ2v) is 8.21. The molecule has 0 aliphatic carbocycles. The normalized spacial score (nSPS) is 20.6. The van der Waals surface area contributed by atoms with E-state index in [0.717, 1.165) is 54.6 Å². The molecule has 3 aromatic heterocycles. The van der Waals surface area contributed by atoms with Gasteiger partial charge in [-0.3, -0.25) is 4.90 Å². The van der Waals surface area contributed by atoms with Gasteiger partial charge in [0.05, 0.1) is 36.7 Å². The lowest BCUT2D eigenvalue weighted by molar-refractivity contribution is -0.0667. The highest BCUT2D eigenvalue weighted by Gasteiger charge is 2.33. The Kier molecular flexibility index (Phi) is 4.21. The molecular formula is C22H24N6O2. The zero-order valence-electron chi connectivity index (χ0n) is 16.9. The summed E-state index contributed by atoms with van der Waals surface area (Å²) in [5.74, 6) is 1.44. The zero-order valence-corrected chi connectivity index (χ0v) is 16.9. The highest BCUT2D eigenvalue weighted by molar-refractivity contribution is 5.69. The standard InChI is InChI=1S/C22H24N6O2/c1-26(18-13-29-14-18)17-6-8-27(11-17)16-4-5-20(24-9-16)28-10-15-12-30-22-19(21(15)25-28)3-2-7-23-22/h2-5,7,9-10,17-18H,6,8,11-14H2,1H3. The molecule has 2 saturated heterocycles. The molecule has 3 aliphatic rings. The Labute approximate surface area is 175 Å². The van der Waals surface area contributed by atoms with Crippen LogP contribution >= 0.6 is 0 Å². The first kappa shape index (κ1) is 17.9. The minimum atomic E-state index is 0.478. The molecule has 6 heterocycles. The summed E-state index contributed by atoms with van der Waals surface area (Å²) in [5.41, 5.74) is 4.06. The van der Waals surface area contributed by atoms with Crippen LogP contribution in [0.3, 0.4) is 0 Å². The van der Waals surface area contributed by atoms with E-state index in [1.54, 1.807) is 6.20 Å². The minimum Gasteiger partial charge on any atom is -0.472 e. The number of nitrogens with zero attached hydrogens (tertiary/aromatic N) is 6. The molecule has 0 aromatic carbocycles. The summed E-state index contributed by atoms with van der Waals surface area (Å²) in [5, 5.41) is 4.76. The lowest BCUT2D eigenvalue weighted by Crippen LogP contribution is -2.52. The van der Waals surface area contributed by atoms with Gasteiger partial charge in [0.1, 0.15) is 12.3 Å². The number of fused-ring (bicyclic) bond motifs is 3. The average molecular weight is 404 g/mol. The first-order valence-electron chi connectivity index (χ1n) is 10.4. The fraction of sp³-hybridized carbons (Fsp3) is 0.409. The van der Waals surface area contributed by atoms with Crippen LogP contribution in [0.25, 0.3) is 17.1 Å². The second-order valence-electron chi connectivity index (χ2n) is 8.21. The third-order valence-electron chi connectivity index (χ3n) is 6.45. The molecule has 8 heteroatoms. The monoisotopic (exact) mass is 404 g/mol. The van der Waals surface area contributed by atoms with Gasteiger partial charge in [-0.2, -0.15) is 5.10 Å². The molecule has 154 valence electrons. The molecule has 8 nitrogen and oxygen atoms in total. The maximum atomic E-state index is 5.74. The minimum absolute atomic E-state index is 0.478. The summed E-state index contributed by atoms with van der Waals surface area (Å²) in [6.07, 6.45) is 6.86. The molecule has 1 atom stereocenters. The van der Waals surface area contributed by atoms with E-state index in [1.165, 1.54) is 6.42 Å².